The van der Waals surface area contributed by atoms with E-state index in [1.54, 1.807) is 42.5 Å². The Morgan fingerprint density at radius 2 is 1.79 bits per heavy atom. The van der Waals surface area contributed by atoms with Crippen LogP contribution in [0.1, 0.15) is 42.6 Å². The van der Waals surface area contributed by atoms with Crippen molar-refractivity contribution >= 4 is 10.0 Å². The SMILES string of the molecule is CCCCc1cc(S(=O)(=O)NCC(OCC(F)(F)F)c2ccccc2)ccc1C. The molecule has 1 atom stereocenters. The molecular formula is C21H26F3NO3S. The maximum Gasteiger partial charge on any atom is 0.411 e. The Kier molecular flexibility index (Phi) is 8.24. The smallest absolute Gasteiger partial charge is 0.363 e. The maximum absolute atomic E-state index is 12.7. The van der Waals surface area contributed by atoms with Crippen molar-refractivity contribution < 1.29 is 26.3 Å². The first-order chi connectivity index (χ1) is 13.6. The van der Waals surface area contributed by atoms with Crippen molar-refractivity contribution in [1.29, 1.82) is 0 Å². The molecule has 0 saturated carbocycles. The van der Waals surface area contributed by atoms with Crippen LogP contribution < -0.4 is 4.72 Å². The highest BCUT2D eigenvalue weighted by molar-refractivity contribution is 7.89. The lowest BCUT2D eigenvalue weighted by Gasteiger charge is -2.20. The van der Waals surface area contributed by atoms with Gasteiger partial charge in [-0.15, -0.1) is 0 Å². The van der Waals surface area contributed by atoms with Crippen LogP contribution in [0.2, 0.25) is 0 Å². The van der Waals surface area contributed by atoms with Crippen LogP contribution in [0.25, 0.3) is 0 Å². The summed E-state index contributed by atoms with van der Waals surface area (Å²) in [6.07, 6.45) is -2.86. The molecule has 0 aliphatic carbocycles. The first kappa shape index (κ1) is 23.4. The van der Waals surface area contributed by atoms with Crippen molar-refractivity contribution in [2.24, 2.45) is 0 Å². The summed E-state index contributed by atoms with van der Waals surface area (Å²) in [6.45, 7) is 2.22. The minimum absolute atomic E-state index is 0.0943. The number of alkyl halides is 3. The Hall–Kier alpha value is -1.90. The Balaban J connectivity index is 2.16. The molecule has 0 saturated heterocycles. The maximum atomic E-state index is 12.7. The number of sulfonamides is 1. The van der Waals surface area contributed by atoms with Gasteiger partial charge in [0.2, 0.25) is 10.0 Å². The van der Waals surface area contributed by atoms with Gasteiger partial charge in [-0.25, -0.2) is 13.1 Å². The molecule has 0 aliphatic rings. The number of ether oxygens (including phenoxy) is 1. The van der Waals surface area contributed by atoms with E-state index in [1.807, 2.05) is 6.92 Å². The second-order valence-corrected chi connectivity index (χ2v) is 8.64. The van der Waals surface area contributed by atoms with Crippen LogP contribution in [-0.2, 0) is 21.2 Å². The summed E-state index contributed by atoms with van der Waals surface area (Å²) in [7, 11) is -3.89. The molecule has 0 aliphatic heterocycles. The molecule has 1 N–H and O–H groups in total. The summed E-state index contributed by atoms with van der Waals surface area (Å²) < 4.78 is 70.6. The minimum Gasteiger partial charge on any atom is -0.363 e. The molecule has 0 fully saturated rings. The van der Waals surface area contributed by atoms with Crippen molar-refractivity contribution in [3.8, 4) is 0 Å². The molecule has 8 heteroatoms. The highest BCUT2D eigenvalue weighted by Crippen LogP contribution is 2.23. The lowest BCUT2D eigenvalue weighted by atomic mass is 10.0. The van der Waals surface area contributed by atoms with Gasteiger partial charge in [0.15, 0.2) is 0 Å². The van der Waals surface area contributed by atoms with Gasteiger partial charge in [0.1, 0.15) is 6.61 Å². The number of halogens is 3. The van der Waals surface area contributed by atoms with E-state index in [-0.39, 0.29) is 11.4 Å². The summed E-state index contributed by atoms with van der Waals surface area (Å²) >= 11 is 0. The van der Waals surface area contributed by atoms with E-state index in [1.165, 1.54) is 6.07 Å². The normalized spacial score (nSPS) is 13.4. The lowest BCUT2D eigenvalue weighted by Crippen LogP contribution is -2.31. The summed E-state index contributed by atoms with van der Waals surface area (Å²) in [4.78, 5) is 0.0943. The molecule has 2 aromatic rings. The number of benzene rings is 2. The average Bonchev–Trinajstić information content (AvgIpc) is 2.67. The van der Waals surface area contributed by atoms with Crippen LogP contribution in [0.5, 0.6) is 0 Å². The van der Waals surface area contributed by atoms with E-state index in [0.717, 1.165) is 30.4 Å². The first-order valence-electron chi connectivity index (χ1n) is 9.45. The number of nitrogens with one attached hydrogen (secondary N) is 1. The van der Waals surface area contributed by atoms with Crippen molar-refractivity contribution in [1.82, 2.24) is 4.72 Å². The largest absolute Gasteiger partial charge is 0.411 e. The van der Waals surface area contributed by atoms with E-state index in [9.17, 15) is 21.6 Å². The zero-order chi connectivity index (χ0) is 21.5. The third kappa shape index (κ3) is 7.45. The fraction of sp³-hybridized carbons (Fsp3) is 0.429. The van der Waals surface area contributed by atoms with Gasteiger partial charge in [-0.05, 0) is 48.6 Å². The van der Waals surface area contributed by atoms with Crippen molar-refractivity contribution in [3.63, 3.8) is 0 Å². The monoisotopic (exact) mass is 429 g/mol. The Morgan fingerprint density at radius 1 is 1.10 bits per heavy atom. The predicted molar refractivity (Wildman–Crippen MR) is 106 cm³/mol. The van der Waals surface area contributed by atoms with Crippen LogP contribution >= 0.6 is 0 Å². The first-order valence-corrected chi connectivity index (χ1v) is 10.9. The van der Waals surface area contributed by atoms with Crippen LogP contribution in [0.15, 0.2) is 53.4 Å². The lowest BCUT2D eigenvalue weighted by molar-refractivity contribution is -0.185. The number of hydrogen-bond donors (Lipinski definition) is 1. The fourth-order valence-electron chi connectivity index (χ4n) is 2.86. The molecule has 29 heavy (non-hydrogen) atoms. The molecule has 4 nitrogen and oxygen atoms in total. The van der Waals surface area contributed by atoms with Gasteiger partial charge in [0.25, 0.3) is 0 Å². The summed E-state index contributed by atoms with van der Waals surface area (Å²) in [5, 5.41) is 0. The molecular weight excluding hydrogens is 403 g/mol. The molecule has 0 spiro atoms. The second-order valence-electron chi connectivity index (χ2n) is 6.87. The quantitative estimate of drug-likeness (QED) is 0.582. The topological polar surface area (TPSA) is 55.4 Å². The van der Waals surface area contributed by atoms with E-state index in [2.05, 4.69) is 11.6 Å². The highest BCUT2D eigenvalue weighted by Gasteiger charge is 2.30. The molecule has 2 aromatic carbocycles. The summed E-state index contributed by atoms with van der Waals surface area (Å²) in [5.41, 5.74) is 2.42. The van der Waals surface area contributed by atoms with E-state index < -0.39 is 28.9 Å². The van der Waals surface area contributed by atoms with Crippen molar-refractivity contribution in [2.45, 2.75) is 50.3 Å². The third-order valence-corrected chi connectivity index (χ3v) is 5.93. The molecule has 0 heterocycles. The van der Waals surface area contributed by atoms with E-state index in [0.29, 0.717) is 5.56 Å². The summed E-state index contributed by atoms with van der Waals surface area (Å²) in [5.74, 6) is 0. The van der Waals surface area contributed by atoms with Crippen LogP contribution in [0, 0.1) is 6.92 Å². The van der Waals surface area contributed by atoms with E-state index in [4.69, 9.17) is 4.74 Å². The number of unbranched alkanes of at least 4 members (excludes halogenated alkanes) is 1. The van der Waals surface area contributed by atoms with Gasteiger partial charge in [-0.2, -0.15) is 13.2 Å². The zero-order valence-corrected chi connectivity index (χ0v) is 17.3. The standard InChI is InChI=1S/C21H26F3NO3S/c1-3-4-8-18-13-19(12-11-16(18)2)29(26,27)25-14-20(28-15-21(22,23)24)17-9-6-5-7-10-17/h5-7,9-13,20,25H,3-4,8,14-15H2,1-2H3. The van der Waals surface area contributed by atoms with Crippen LogP contribution in [0.3, 0.4) is 0 Å². The molecule has 2 rings (SSSR count). The van der Waals surface area contributed by atoms with E-state index >= 15 is 0 Å². The van der Waals surface area contributed by atoms with Gasteiger partial charge in [-0.3, -0.25) is 0 Å². The van der Waals surface area contributed by atoms with Gasteiger partial charge in [0, 0.05) is 6.54 Å². The zero-order valence-electron chi connectivity index (χ0n) is 16.5. The fourth-order valence-corrected chi connectivity index (χ4v) is 3.94. The van der Waals surface area contributed by atoms with Crippen molar-refractivity contribution in [2.75, 3.05) is 13.2 Å². The van der Waals surface area contributed by atoms with Gasteiger partial charge in [0.05, 0.1) is 11.0 Å². The molecule has 0 radical (unpaired) electrons. The second kappa shape index (κ2) is 10.2. The van der Waals surface area contributed by atoms with Gasteiger partial charge >= 0.3 is 6.18 Å². The third-order valence-electron chi connectivity index (χ3n) is 4.51. The predicted octanol–water partition coefficient (Wildman–Crippen LogP) is 4.94. The van der Waals surface area contributed by atoms with Crippen LogP contribution in [-0.4, -0.2) is 27.7 Å². The van der Waals surface area contributed by atoms with Gasteiger partial charge in [-0.1, -0.05) is 49.7 Å². The Labute approximate surface area is 170 Å². The molecule has 1 unspecified atom stereocenters. The molecule has 160 valence electrons. The number of hydrogen-bond acceptors (Lipinski definition) is 3. The molecule has 0 amide bonds. The number of rotatable bonds is 10. The van der Waals surface area contributed by atoms with Crippen LogP contribution in [0.4, 0.5) is 13.2 Å². The average molecular weight is 430 g/mol. The Bertz CT molecular complexity index is 884. The highest BCUT2D eigenvalue weighted by atomic mass is 32.2. The molecule has 0 aromatic heterocycles. The van der Waals surface area contributed by atoms with Gasteiger partial charge < -0.3 is 4.74 Å². The number of aryl methyl sites for hydroxylation is 2. The summed E-state index contributed by atoms with van der Waals surface area (Å²) in [6, 6.07) is 13.1. The minimum atomic E-state index is -4.50. The molecule has 0 bridgehead atoms. The Morgan fingerprint density at radius 3 is 2.41 bits per heavy atom. The van der Waals surface area contributed by atoms with Crippen molar-refractivity contribution in [3.05, 3.63) is 65.2 Å².